The molecule has 7 heteroatoms. The lowest BCUT2D eigenvalue weighted by atomic mass is 10.1. The van der Waals surface area contributed by atoms with Gasteiger partial charge in [0.1, 0.15) is 11.6 Å². The van der Waals surface area contributed by atoms with E-state index in [0.29, 0.717) is 0 Å². The quantitative estimate of drug-likeness (QED) is 0.755. The molecule has 3 heterocycles. The van der Waals surface area contributed by atoms with Crippen LogP contribution in [0.3, 0.4) is 0 Å². The van der Waals surface area contributed by atoms with Crippen molar-refractivity contribution in [3.8, 4) is 0 Å². The van der Waals surface area contributed by atoms with Crippen LogP contribution < -0.4 is 5.32 Å². The fourth-order valence-corrected chi connectivity index (χ4v) is 3.56. The van der Waals surface area contributed by atoms with E-state index >= 15 is 0 Å². The number of hydrogen-bond acceptors (Lipinski definition) is 5. The Balaban J connectivity index is 1.68. The largest absolute Gasteiger partial charge is 0.345 e. The van der Waals surface area contributed by atoms with Crippen LogP contribution >= 0.6 is 22.7 Å². The Bertz CT molecular complexity index is 719. The van der Waals surface area contributed by atoms with Gasteiger partial charge in [-0.3, -0.25) is 9.48 Å². The van der Waals surface area contributed by atoms with Gasteiger partial charge in [0, 0.05) is 24.2 Å². The molecule has 0 aromatic carbocycles. The zero-order chi connectivity index (χ0) is 15.4. The maximum absolute atomic E-state index is 12.3. The summed E-state index contributed by atoms with van der Waals surface area (Å²) in [6.45, 7) is 2.18. The average Bonchev–Trinajstić information content (AvgIpc) is 3.20. The van der Waals surface area contributed by atoms with Crippen LogP contribution in [-0.2, 0) is 17.8 Å². The molecule has 0 spiro atoms. The number of aromatic nitrogens is 3. The summed E-state index contributed by atoms with van der Waals surface area (Å²) in [5.74, 6) is -0.0569. The van der Waals surface area contributed by atoms with Gasteiger partial charge in [0.2, 0.25) is 5.91 Å². The van der Waals surface area contributed by atoms with Gasteiger partial charge in [0.15, 0.2) is 0 Å². The van der Waals surface area contributed by atoms with Gasteiger partial charge in [-0.05, 0) is 34.9 Å². The number of thiazole rings is 1. The summed E-state index contributed by atoms with van der Waals surface area (Å²) in [4.78, 5) is 16.6. The topological polar surface area (TPSA) is 59.8 Å². The molecule has 114 valence electrons. The molecule has 3 rings (SSSR count). The Labute approximate surface area is 136 Å². The number of nitrogens with zero attached hydrogens (tertiary/aromatic N) is 3. The van der Waals surface area contributed by atoms with Gasteiger partial charge in [0.05, 0.1) is 12.2 Å². The maximum atomic E-state index is 12.3. The van der Waals surface area contributed by atoms with Gasteiger partial charge in [-0.15, -0.1) is 11.3 Å². The zero-order valence-electron chi connectivity index (χ0n) is 12.1. The Morgan fingerprint density at radius 3 is 3.00 bits per heavy atom. The highest BCUT2D eigenvalue weighted by molar-refractivity contribution is 7.09. The normalized spacial score (nSPS) is 12.2. The summed E-state index contributed by atoms with van der Waals surface area (Å²) < 4.78 is 1.65. The third kappa shape index (κ3) is 3.80. The minimum Gasteiger partial charge on any atom is -0.345 e. The molecule has 0 aliphatic carbocycles. The Morgan fingerprint density at radius 1 is 1.45 bits per heavy atom. The van der Waals surface area contributed by atoms with Crippen LogP contribution in [0, 0.1) is 6.92 Å². The maximum Gasteiger partial charge on any atom is 0.242 e. The van der Waals surface area contributed by atoms with Crippen LogP contribution in [0.2, 0.25) is 0 Å². The van der Waals surface area contributed by atoms with E-state index < -0.39 is 0 Å². The van der Waals surface area contributed by atoms with Gasteiger partial charge in [-0.25, -0.2) is 4.98 Å². The summed E-state index contributed by atoms with van der Waals surface area (Å²) in [6.07, 6.45) is 6.12. The van der Waals surface area contributed by atoms with E-state index in [-0.39, 0.29) is 18.5 Å². The summed E-state index contributed by atoms with van der Waals surface area (Å²) in [6, 6.07) is 1.98. The second-order valence-electron chi connectivity index (χ2n) is 5.04. The summed E-state index contributed by atoms with van der Waals surface area (Å²) in [7, 11) is 0. The number of amides is 1. The first kappa shape index (κ1) is 14.9. The van der Waals surface area contributed by atoms with Crippen molar-refractivity contribution >= 4 is 28.6 Å². The van der Waals surface area contributed by atoms with Crippen molar-refractivity contribution in [1.82, 2.24) is 20.1 Å². The SMILES string of the molecule is Cc1cnn(CC(=O)N[C@@H](Cc2ccsc2)c2nccs2)c1. The fourth-order valence-electron chi connectivity index (χ4n) is 2.19. The van der Waals surface area contributed by atoms with E-state index in [0.717, 1.165) is 17.0 Å². The summed E-state index contributed by atoms with van der Waals surface area (Å²) in [5, 5.41) is 14.2. The van der Waals surface area contributed by atoms with Crippen molar-refractivity contribution in [1.29, 1.82) is 0 Å². The van der Waals surface area contributed by atoms with Crippen molar-refractivity contribution < 1.29 is 4.79 Å². The summed E-state index contributed by atoms with van der Waals surface area (Å²) in [5.41, 5.74) is 2.25. The smallest absolute Gasteiger partial charge is 0.242 e. The van der Waals surface area contributed by atoms with Gasteiger partial charge in [-0.1, -0.05) is 0 Å². The van der Waals surface area contributed by atoms with Crippen molar-refractivity contribution in [2.45, 2.75) is 25.9 Å². The second kappa shape index (κ2) is 6.85. The molecule has 1 atom stereocenters. The van der Waals surface area contributed by atoms with Crippen molar-refractivity contribution in [2.75, 3.05) is 0 Å². The molecular weight excluding hydrogens is 316 g/mol. The molecule has 0 saturated heterocycles. The molecule has 3 aromatic rings. The predicted molar refractivity (Wildman–Crippen MR) is 88.0 cm³/mol. The molecule has 1 amide bonds. The molecule has 0 unspecified atom stereocenters. The molecule has 0 radical (unpaired) electrons. The third-order valence-corrected chi connectivity index (χ3v) is 4.79. The molecule has 3 aromatic heterocycles. The highest BCUT2D eigenvalue weighted by Gasteiger charge is 2.18. The standard InChI is InChI=1S/C15H16N4OS2/c1-11-7-17-19(8-11)9-14(20)18-13(15-16-3-5-22-15)6-12-2-4-21-10-12/h2-5,7-8,10,13H,6,9H2,1H3,(H,18,20)/t13-/m0/s1. The minimum absolute atomic E-state index is 0.0569. The van der Waals surface area contributed by atoms with Gasteiger partial charge >= 0.3 is 0 Å². The summed E-state index contributed by atoms with van der Waals surface area (Å²) >= 11 is 3.22. The number of nitrogens with one attached hydrogen (secondary N) is 1. The molecular formula is C15H16N4OS2. The van der Waals surface area contributed by atoms with Crippen molar-refractivity contribution in [2.24, 2.45) is 0 Å². The first-order chi connectivity index (χ1) is 10.7. The van der Waals surface area contributed by atoms with Gasteiger partial charge < -0.3 is 5.32 Å². The number of thiophene rings is 1. The highest BCUT2D eigenvalue weighted by Crippen LogP contribution is 2.21. The van der Waals surface area contributed by atoms with Gasteiger partial charge in [-0.2, -0.15) is 16.4 Å². The van der Waals surface area contributed by atoms with Crippen LogP contribution in [0.4, 0.5) is 0 Å². The van der Waals surface area contributed by atoms with E-state index in [1.807, 2.05) is 23.9 Å². The van der Waals surface area contributed by atoms with Crippen molar-refractivity contribution in [3.63, 3.8) is 0 Å². The van der Waals surface area contributed by atoms with E-state index in [4.69, 9.17) is 0 Å². The Kier molecular flexibility index (Phi) is 4.65. The number of carbonyl (C=O) groups is 1. The molecule has 0 bridgehead atoms. The van der Waals surface area contributed by atoms with E-state index in [2.05, 4.69) is 26.8 Å². The first-order valence-corrected chi connectivity index (χ1v) is 8.72. The van der Waals surface area contributed by atoms with Crippen LogP contribution in [0.1, 0.15) is 22.2 Å². The predicted octanol–water partition coefficient (Wildman–Crippen LogP) is 2.81. The van der Waals surface area contributed by atoms with Crippen molar-refractivity contribution in [3.05, 3.63) is 56.9 Å². The lowest BCUT2D eigenvalue weighted by molar-refractivity contribution is -0.122. The molecule has 0 aliphatic heterocycles. The Hall–Kier alpha value is -1.99. The van der Waals surface area contributed by atoms with E-state index in [1.54, 1.807) is 39.7 Å². The van der Waals surface area contributed by atoms with Crippen LogP contribution in [-0.4, -0.2) is 20.7 Å². The average molecular weight is 332 g/mol. The number of aryl methyl sites for hydroxylation is 1. The van der Waals surface area contributed by atoms with Gasteiger partial charge in [0.25, 0.3) is 0 Å². The van der Waals surface area contributed by atoms with Crippen LogP contribution in [0.5, 0.6) is 0 Å². The minimum atomic E-state index is -0.0984. The monoisotopic (exact) mass is 332 g/mol. The van der Waals surface area contributed by atoms with Crippen LogP contribution in [0.25, 0.3) is 0 Å². The second-order valence-corrected chi connectivity index (χ2v) is 6.75. The molecule has 22 heavy (non-hydrogen) atoms. The number of carbonyl (C=O) groups excluding carboxylic acids is 1. The Morgan fingerprint density at radius 2 is 2.36 bits per heavy atom. The molecule has 0 saturated carbocycles. The molecule has 5 nitrogen and oxygen atoms in total. The fraction of sp³-hybridized carbons (Fsp3) is 0.267. The molecule has 0 aliphatic rings. The number of rotatable bonds is 6. The lowest BCUT2D eigenvalue weighted by Crippen LogP contribution is -2.32. The van der Waals surface area contributed by atoms with Crippen LogP contribution in [0.15, 0.2) is 40.8 Å². The highest BCUT2D eigenvalue weighted by atomic mass is 32.1. The van der Waals surface area contributed by atoms with E-state index in [1.165, 1.54) is 5.56 Å². The zero-order valence-corrected chi connectivity index (χ0v) is 13.7. The lowest BCUT2D eigenvalue weighted by Gasteiger charge is -2.16. The third-order valence-electron chi connectivity index (χ3n) is 3.17. The molecule has 1 N–H and O–H groups in total. The van der Waals surface area contributed by atoms with E-state index in [9.17, 15) is 4.79 Å². The molecule has 0 fully saturated rings. The number of hydrogen-bond donors (Lipinski definition) is 1. The first-order valence-electron chi connectivity index (χ1n) is 6.89.